The molecule has 1 aromatic carbocycles. The summed E-state index contributed by atoms with van der Waals surface area (Å²) in [6.45, 7) is 0.821. The van der Waals surface area contributed by atoms with Crippen LogP contribution in [0.15, 0.2) is 42.7 Å². The summed E-state index contributed by atoms with van der Waals surface area (Å²) in [5, 5.41) is 12.7. The maximum Gasteiger partial charge on any atom is 0.174 e. The summed E-state index contributed by atoms with van der Waals surface area (Å²) in [5.41, 5.74) is 1.32. The number of benzene rings is 1. The molecule has 0 atom stereocenters. The number of hydrogen-bond donors (Lipinski definition) is 1. The first-order valence-corrected chi connectivity index (χ1v) is 8.68. The standard InChI is InChI=1S/C17H18ClFN6S/c1-23(10-12-6-8-24(2)21-12)17(26)20-16-7-9-25(22-16)11-13-14(18)4-3-5-15(13)19/h3-9H,10-11H2,1-2H3,(H,20,22,26). The number of nitrogens with one attached hydrogen (secondary N) is 1. The van der Waals surface area contributed by atoms with Gasteiger partial charge in [0.2, 0.25) is 0 Å². The van der Waals surface area contributed by atoms with Crippen LogP contribution in [0.5, 0.6) is 0 Å². The van der Waals surface area contributed by atoms with E-state index in [0.717, 1.165) is 5.69 Å². The fourth-order valence-corrected chi connectivity index (χ4v) is 2.82. The van der Waals surface area contributed by atoms with Crippen molar-refractivity contribution in [2.45, 2.75) is 13.1 Å². The van der Waals surface area contributed by atoms with E-state index in [-0.39, 0.29) is 12.4 Å². The van der Waals surface area contributed by atoms with Crippen molar-refractivity contribution >= 4 is 34.7 Å². The number of anilines is 1. The number of thiocarbonyl (C=S) groups is 1. The van der Waals surface area contributed by atoms with Crippen LogP contribution in [0, 0.1) is 5.82 Å². The van der Waals surface area contributed by atoms with Crippen molar-refractivity contribution in [1.82, 2.24) is 24.5 Å². The van der Waals surface area contributed by atoms with Gasteiger partial charge in [-0.05, 0) is 30.4 Å². The number of nitrogens with zero attached hydrogens (tertiary/aromatic N) is 5. The van der Waals surface area contributed by atoms with Gasteiger partial charge >= 0.3 is 0 Å². The van der Waals surface area contributed by atoms with Gasteiger partial charge in [0.05, 0.1) is 18.8 Å². The van der Waals surface area contributed by atoms with E-state index < -0.39 is 0 Å². The molecule has 3 rings (SSSR count). The maximum absolute atomic E-state index is 13.9. The first kappa shape index (κ1) is 18.3. The molecule has 3 aromatic rings. The third kappa shape index (κ3) is 4.39. The lowest BCUT2D eigenvalue weighted by molar-refractivity contribution is 0.495. The fourth-order valence-electron chi connectivity index (χ4n) is 2.43. The van der Waals surface area contributed by atoms with Gasteiger partial charge in [-0.1, -0.05) is 17.7 Å². The molecule has 0 spiro atoms. The van der Waals surface area contributed by atoms with Crippen molar-refractivity contribution in [3.63, 3.8) is 0 Å². The molecule has 0 amide bonds. The van der Waals surface area contributed by atoms with Gasteiger partial charge < -0.3 is 10.2 Å². The summed E-state index contributed by atoms with van der Waals surface area (Å²) in [7, 11) is 3.74. The third-order valence-electron chi connectivity index (χ3n) is 3.77. The Hall–Kier alpha value is -2.45. The van der Waals surface area contributed by atoms with Gasteiger partial charge in [0.1, 0.15) is 5.82 Å². The van der Waals surface area contributed by atoms with E-state index in [1.54, 1.807) is 33.8 Å². The lowest BCUT2D eigenvalue weighted by Crippen LogP contribution is -2.31. The normalized spacial score (nSPS) is 10.8. The SMILES string of the molecule is CN(Cc1ccn(C)n1)C(=S)Nc1ccn(Cc2c(F)cccc2Cl)n1. The maximum atomic E-state index is 13.9. The average Bonchev–Trinajstić information content (AvgIpc) is 3.20. The quantitative estimate of drug-likeness (QED) is 0.675. The summed E-state index contributed by atoms with van der Waals surface area (Å²) in [4.78, 5) is 1.87. The molecule has 6 nitrogen and oxygen atoms in total. The first-order valence-electron chi connectivity index (χ1n) is 7.89. The molecule has 0 bridgehead atoms. The Morgan fingerprint density at radius 2 is 2.08 bits per heavy atom. The lowest BCUT2D eigenvalue weighted by atomic mass is 10.2. The first-order chi connectivity index (χ1) is 12.4. The second-order valence-corrected chi connectivity index (χ2v) is 6.66. The zero-order chi connectivity index (χ0) is 18.7. The van der Waals surface area contributed by atoms with E-state index in [1.165, 1.54) is 6.07 Å². The number of hydrogen-bond acceptors (Lipinski definition) is 3. The van der Waals surface area contributed by atoms with E-state index >= 15 is 0 Å². The molecule has 0 aliphatic carbocycles. The van der Waals surface area contributed by atoms with Gasteiger partial charge in [-0.3, -0.25) is 9.36 Å². The van der Waals surface area contributed by atoms with E-state index in [4.69, 9.17) is 23.8 Å². The molecular formula is C17H18ClFN6S. The second-order valence-electron chi connectivity index (χ2n) is 5.87. The van der Waals surface area contributed by atoms with Gasteiger partial charge in [0.25, 0.3) is 0 Å². The van der Waals surface area contributed by atoms with E-state index in [2.05, 4.69) is 15.5 Å². The molecule has 0 radical (unpaired) electrons. The molecular weight excluding hydrogens is 375 g/mol. The zero-order valence-corrected chi connectivity index (χ0v) is 15.9. The summed E-state index contributed by atoms with van der Waals surface area (Å²) in [5.74, 6) is 0.225. The van der Waals surface area contributed by atoms with Crippen LogP contribution in [-0.4, -0.2) is 36.6 Å². The highest BCUT2D eigenvalue weighted by atomic mass is 35.5. The van der Waals surface area contributed by atoms with Crippen molar-refractivity contribution in [1.29, 1.82) is 0 Å². The van der Waals surface area contributed by atoms with Crippen LogP contribution in [0.4, 0.5) is 10.2 Å². The average molecular weight is 393 g/mol. The summed E-state index contributed by atoms with van der Waals surface area (Å²) in [6, 6.07) is 8.32. The molecule has 0 fully saturated rings. The molecule has 26 heavy (non-hydrogen) atoms. The van der Waals surface area contributed by atoms with E-state index in [1.807, 2.05) is 31.3 Å². The van der Waals surface area contributed by atoms with E-state index in [9.17, 15) is 4.39 Å². The smallest absolute Gasteiger partial charge is 0.174 e. The van der Waals surface area contributed by atoms with Crippen molar-refractivity contribution in [3.05, 3.63) is 64.8 Å². The number of rotatable bonds is 5. The molecule has 136 valence electrons. The van der Waals surface area contributed by atoms with Crippen LogP contribution in [0.25, 0.3) is 0 Å². The third-order valence-corrected chi connectivity index (χ3v) is 4.54. The Labute approximate surface area is 161 Å². The highest BCUT2D eigenvalue weighted by Crippen LogP contribution is 2.20. The molecule has 0 saturated carbocycles. The van der Waals surface area contributed by atoms with Crippen LogP contribution >= 0.6 is 23.8 Å². The molecule has 0 aliphatic heterocycles. The summed E-state index contributed by atoms with van der Waals surface area (Å²) in [6.07, 6.45) is 3.63. The molecule has 0 unspecified atom stereocenters. The van der Waals surface area contributed by atoms with E-state index in [0.29, 0.717) is 28.1 Å². The van der Waals surface area contributed by atoms with Crippen LogP contribution in [0.1, 0.15) is 11.3 Å². The van der Waals surface area contributed by atoms with Gasteiger partial charge in [-0.2, -0.15) is 10.2 Å². The van der Waals surface area contributed by atoms with Crippen LogP contribution in [0.3, 0.4) is 0 Å². The molecule has 0 aliphatic rings. The number of aromatic nitrogens is 4. The molecule has 1 N–H and O–H groups in total. The van der Waals surface area contributed by atoms with Crippen molar-refractivity contribution in [2.75, 3.05) is 12.4 Å². The number of halogens is 2. The zero-order valence-electron chi connectivity index (χ0n) is 14.4. The highest BCUT2D eigenvalue weighted by Gasteiger charge is 2.11. The molecule has 9 heteroatoms. The fraction of sp³-hybridized carbons (Fsp3) is 0.235. The van der Waals surface area contributed by atoms with Crippen molar-refractivity contribution < 1.29 is 4.39 Å². The molecule has 2 heterocycles. The van der Waals surface area contributed by atoms with Gasteiger partial charge in [0.15, 0.2) is 10.9 Å². The van der Waals surface area contributed by atoms with Crippen LogP contribution in [-0.2, 0) is 20.1 Å². The van der Waals surface area contributed by atoms with Crippen molar-refractivity contribution in [3.8, 4) is 0 Å². The minimum atomic E-state index is -0.354. The van der Waals surface area contributed by atoms with Gasteiger partial charge in [0, 0.05) is 43.1 Å². The van der Waals surface area contributed by atoms with Gasteiger partial charge in [-0.15, -0.1) is 0 Å². The Kier molecular flexibility index (Phi) is 5.53. The predicted octanol–water partition coefficient (Wildman–Crippen LogP) is 3.29. The lowest BCUT2D eigenvalue weighted by Gasteiger charge is -2.18. The number of aryl methyl sites for hydroxylation is 1. The second kappa shape index (κ2) is 7.84. The Morgan fingerprint density at radius 1 is 1.27 bits per heavy atom. The molecule has 0 saturated heterocycles. The monoisotopic (exact) mass is 392 g/mol. The Morgan fingerprint density at radius 3 is 2.77 bits per heavy atom. The Bertz CT molecular complexity index is 901. The topological polar surface area (TPSA) is 50.9 Å². The summed E-state index contributed by atoms with van der Waals surface area (Å²) >= 11 is 11.5. The highest BCUT2D eigenvalue weighted by molar-refractivity contribution is 7.80. The van der Waals surface area contributed by atoms with Crippen molar-refractivity contribution in [2.24, 2.45) is 7.05 Å². The van der Waals surface area contributed by atoms with Crippen LogP contribution < -0.4 is 5.32 Å². The van der Waals surface area contributed by atoms with Gasteiger partial charge in [-0.25, -0.2) is 4.39 Å². The largest absolute Gasteiger partial charge is 0.346 e. The molecule has 2 aromatic heterocycles. The van der Waals surface area contributed by atoms with Crippen LogP contribution in [0.2, 0.25) is 5.02 Å². The minimum absolute atomic E-state index is 0.240. The Balaban J connectivity index is 1.61. The minimum Gasteiger partial charge on any atom is -0.346 e. The predicted molar refractivity (Wildman–Crippen MR) is 104 cm³/mol. The summed E-state index contributed by atoms with van der Waals surface area (Å²) < 4.78 is 17.2.